The second-order valence-corrected chi connectivity index (χ2v) is 8.24. The Labute approximate surface area is 155 Å². The van der Waals surface area contributed by atoms with E-state index in [4.69, 9.17) is 0 Å². The number of para-hydroxylation sites is 1. The van der Waals surface area contributed by atoms with Crippen molar-refractivity contribution < 1.29 is 8.42 Å². The van der Waals surface area contributed by atoms with Gasteiger partial charge in [-0.3, -0.25) is 0 Å². The van der Waals surface area contributed by atoms with Crippen LogP contribution in [0.5, 0.6) is 0 Å². The first-order chi connectivity index (χ1) is 11.9. The molecule has 0 aliphatic carbocycles. The summed E-state index contributed by atoms with van der Waals surface area (Å²) in [6, 6.07) is 16.5. The summed E-state index contributed by atoms with van der Waals surface area (Å²) in [5.74, 6) is 0. The fourth-order valence-electron chi connectivity index (χ4n) is 2.66. The van der Waals surface area contributed by atoms with Crippen molar-refractivity contribution in [2.45, 2.75) is 25.3 Å². The second-order valence-electron chi connectivity index (χ2n) is 5.65. The molecular formula is C18H18BrN3O2S. The molecule has 25 heavy (non-hydrogen) atoms. The van der Waals surface area contributed by atoms with Crippen LogP contribution >= 0.6 is 15.9 Å². The molecule has 0 aliphatic heterocycles. The minimum Gasteiger partial charge on any atom is -0.238 e. The molecule has 3 rings (SSSR count). The van der Waals surface area contributed by atoms with Gasteiger partial charge in [-0.05, 0) is 54.0 Å². The third-order valence-corrected chi connectivity index (χ3v) is 6.42. The highest BCUT2D eigenvalue weighted by Gasteiger charge is 2.19. The van der Waals surface area contributed by atoms with Gasteiger partial charge in [-0.1, -0.05) is 30.3 Å². The molecule has 0 bridgehead atoms. The lowest BCUT2D eigenvalue weighted by molar-refractivity contribution is 0.580. The van der Waals surface area contributed by atoms with E-state index in [1.165, 1.54) is 0 Å². The number of rotatable bonds is 5. The maximum atomic E-state index is 12.6. The summed E-state index contributed by atoms with van der Waals surface area (Å²) in [5.41, 5.74) is 3.54. The molecular weight excluding hydrogens is 402 g/mol. The number of benzene rings is 2. The first kappa shape index (κ1) is 17.8. The fourth-order valence-corrected chi connectivity index (χ4v) is 4.66. The Kier molecular flexibility index (Phi) is 5.08. The van der Waals surface area contributed by atoms with Gasteiger partial charge in [0.05, 0.1) is 16.3 Å². The van der Waals surface area contributed by atoms with Crippen molar-refractivity contribution in [3.63, 3.8) is 0 Å². The summed E-state index contributed by atoms with van der Waals surface area (Å²) < 4.78 is 30.2. The van der Waals surface area contributed by atoms with Crippen LogP contribution in [0.1, 0.15) is 17.0 Å². The molecule has 1 N–H and O–H groups in total. The van der Waals surface area contributed by atoms with Crippen molar-refractivity contribution in [3.8, 4) is 5.69 Å². The molecule has 5 nitrogen and oxygen atoms in total. The molecule has 0 unspecified atom stereocenters. The van der Waals surface area contributed by atoms with Crippen LogP contribution < -0.4 is 4.72 Å². The van der Waals surface area contributed by atoms with Gasteiger partial charge in [0, 0.05) is 22.3 Å². The van der Waals surface area contributed by atoms with Crippen molar-refractivity contribution in [2.75, 3.05) is 0 Å². The van der Waals surface area contributed by atoms with Gasteiger partial charge in [-0.25, -0.2) is 17.8 Å². The smallest absolute Gasteiger partial charge is 0.238 e. The molecule has 2 aromatic carbocycles. The van der Waals surface area contributed by atoms with E-state index >= 15 is 0 Å². The van der Waals surface area contributed by atoms with Crippen molar-refractivity contribution in [1.29, 1.82) is 0 Å². The minimum atomic E-state index is -3.61. The Morgan fingerprint density at radius 2 is 1.68 bits per heavy atom. The molecule has 1 aromatic heterocycles. The lowest BCUT2D eigenvalue weighted by Gasteiger charge is -2.09. The Morgan fingerprint density at radius 1 is 1.04 bits per heavy atom. The molecule has 3 aromatic rings. The molecule has 1 heterocycles. The summed E-state index contributed by atoms with van der Waals surface area (Å²) in [7, 11) is -3.61. The Morgan fingerprint density at radius 3 is 2.36 bits per heavy atom. The van der Waals surface area contributed by atoms with Gasteiger partial charge >= 0.3 is 0 Å². The van der Waals surface area contributed by atoms with E-state index in [0.717, 1.165) is 22.6 Å². The third kappa shape index (κ3) is 3.68. The highest BCUT2D eigenvalue weighted by molar-refractivity contribution is 9.10. The third-order valence-electron chi connectivity index (χ3n) is 4.01. The molecule has 0 aliphatic rings. The minimum absolute atomic E-state index is 0.189. The van der Waals surface area contributed by atoms with Gasteiger partial charge in [-0.2, -0.15) is 5.10 Å². The zero-order valence-electron chi connectivity index (χ0n) is 13.9. The van der Waals surface area contributed by atoms with Gasteiger partial charge in [0.2, 0.25) is 10.0 Å². The van der Waals surface area contributed by atoms with Crippen LogP contribution in [0.3, 0.4) is 0 Å². The fraction of sp³-hybridized carbons (Fsp3) is 0.167. The highest BCUT2D eigenvalue weighted by Crippen LogP contribution is 2.22. The van der Waals surface area contributed by atoms with Gasteiger partial charge < -0.3 is 0 Å². The molecule has 0 radical (unpaired) electrons. The molecule has 0 atom stereocenters. The molecule has 0 saturated heterocycles. The van der Waals surface area contributed by atoms with E-state index in [0.29, 0.717) is 4.47 Å². The zero-order valence-corrected chi connectivity index (χ0v) is 16.3. The van der Waals surface area contributed by atoms with Crippen molar-refractivity contribution >= 4 is 26.0 Å². The van der Waals surface area contributed by atoms with Crippen LogP contribution in [0.4, 0.5) is 0 Å². The molecule has 0 spiro atoms. The predicted octanol–water partition coefficient (Wildman–Crippen LogP) is 3.73. The first-order valence-corrected chi connectivity index (χ1v) is 10.0. The predicted molar refractivity (Wildman–Crippen MR) is 101 cm³/mol. The Balaban J connectivity index is 1.87. The maximum Gasteiger partial charge on any atom is 0.241 e. The second kappa shape index (κ2) is 7.11. The van der Waals surface area contributed by atoms with Crippen LogP contribution in [-0.4, -0.2) is 18.2 Å². The number of hydrogen-bond acceptors (Lipinski definition) is 3. The van der Waals surface area contributed by atoms with Crippen molar-refractivity contribution in [2.24, 2.45) is 0 Å². The number of aryl methyl sites for hydroxylation is 1. The van der Waals surface area contributed by atoms with Crippen LogP contribution in [-0.2, 0) is 16.6 Å². The number of sulfonamides is 1. The van der Waals surface area contributed by atoms with Crippen LogP contribution in [0.2, 0.25) is 0 Å². The zero-order chi connectivity index (χ0) is 18.0. The SMILES string of the molecule is Cc1nn(-c2ccccc2)c(C)c1CNS(=O)(=O)c1ccccc1Br. The molecule has 7 heteroatoms. The quantitative estimate of drug-likeness (QED) is 0.684. The van der Waals surface area contributed by atoms with E-state index in [9.17, 15) is 8.42 Å². The molecule has 130 valence electrons. The Bertz CT molecular complexity index is 998. The Hall–Kier alpha value is -1.96. The van der Waals surface area contributed by atoms with Gasteiger partial charge in [0.15, 0.2) is 0 Å². The summed E-state index contributed by atoms with van der Waals surface area (Å²) in [6.45, 7) is 4.01. The summed E-state index contributed by atoms with van der Waals surface area (Å²) in [6.07, 6.45) is 0. The number of halogens is 1. The van der Waals surface area contributed by atoms with E-state index < -0.39 is 10.0 Å². The average molecular weight is 420 g/mol. The van der Waals surface area contributed by atoms with E-state index in [1.54, 1.807) is 24.3 Å². The highest BCUT2D eigenvalue weighted by atomic mass is 79.9. The van der Waals surface area contributed by atoms with Gasteiger partial charge in [0.1, 0.15) is 0 Å². The molecule has 0 fully saturated rings. The van der Waals surface area contributed by atoms with Crippen molar-refractivity contribution in [1.82, 2.24) is 14.5 Å². The van der Waals surface area contributed by atoms with E-state index in [1.807, 2.05) is 48.9 Å². The lowest BCUT2D eigenvalue weighted by Crippen LogP contribution is -2.24. The monoisotopic (exact) mass is 419 g/mol. The van der Waals surface area contributed by atoms with Gasteiger partial charge in [0.25, 0.3) is 0 Å². The topological polar surface area (TPSA) is 64.0 Å². The van der Waals surface area contributed by atoms with Gasteiger partial charge in [-0.15, -0.1) is 0 Å². The molecule has 0 amide bonds. The first-order valence-electron chi connectivity index (χ1n) is 7.75. The van der Waals surface area contributed by atoms with Crippen LogP contribution in [0, 0.1) is 13.8 Å². The average Bonchev–Trinajstić information content (AvgIpc) is 2.88. The van der Waals surface area contributed by atoms with E-state index in [-0.39, 0.29) is 11.4 Å². The van der Waals surface area contributed by atoms with E-state index in [2.05, 4.69) is 25.8 Å². The van der Waals surface area contributed by atoms with Crippen LogP contribution in [0.15, 0.2) is 64.0 Å². The number of hydrogen-bond donors (Lipinski definition) is 1. The standard InChI is InChI=1S/C18H18BrN3O2S/c1-13-16(14(2)22(21-13)15-8-4-3-5-9-15)12-20-25(23,24)18-11-7-6-10-17(18)19/h3-11,20H,12H2,1-2H3. The maximum absolute atomic E-state index is 12.6. The largest absolute Gasteiger partial charge is 0.241 e. The normalized spacial score (nSPS) is 11.6. The summed E-state index contributed by atoms with van der Waals surface area (Å²) in [5, 5.41) is 4.54. The summed E-state index contributed by atoms with van der Waals surface area (Å²) in [4.78, 5) is 0.223. The number of aromatic nitrogens is 2. The lowest BCUT2D eigenvalue weighted by atomic mass is 10.2. The summed E-state index contributed by atoms with van der Waals surface area (Å²) >= 11 is 3.29. The van der Waals surface area contributed by atoms with Crippen LogP contribution in [0.25, 0.3) is 5.69 Å². The number of nitrogens with zero attached hydrogens (tertiary/aromatic N) is 2. The molecule has 0 saturated carbocycles. The number of nitrogens with one attached hydrogen (secondary N) is 1. The van der Waals surface area contributed by atoms with Crippen molar-refractivity contribution in [3.05, 3.63) is 76.0 Å².